The Labute approximate surface area is 184 Å². The van der Waals surface area contributed by atoms with Crippen LogP contribution in [0.5, 0.6) is 5.75 Å². The molecule has 0 saturated carbocycles. The van der Waals surface area contributed by atoms with Crippen LogP contribution < -0.4 is 15.4 Å². The summed E-state index contributed by atoms with van der Waals surface area (Å²) >= 11 is 0. The van der Waals surface area contributed by atoms with Crippen LogP contribution in [0.25, 0.3) is 0 Å². The fourth-order valence-electron chi connectivity index (χ4n) is 3.94. The topological polar surface area (TPSA) is 89.1 Å². The molecule has 0 bridgehead atoms. The predicted molar refractivity (Wildman–Crippen MR) is 118 cm³/mol. The van der Waals surface area contributed by atoms with Crippen LogP contribution in [0.4, 0.5) is 5.69 Å². The molecular weight excluding hydrogens is 398 g/mol. The summed E-state index contributed by atoms with van der Waals surface area (Å²) in [6, 6.07) is 5.33. The number of methoxy groups -OCH3 is 1. The minimum atomic E-state index is -0.132. The highest BCUT2D eigenvalue weighted by Crippen LogP contribution is 2.27. The second-order valence-corrected chi connectivity index (χ2v) is 8.64. The largest absolute Gasteiger partial charge is 0.491 e. The zero-order valence-corrected chi connectivity index (χ0v) is 19.0. The number of hydrogen-bond donors (Lipinski definition) is 2. The molecule has 2 N–H and O–H groups in total. The van der Waals surface area contributed by atoms with Crippen molar-refractivity contribution in [2.24, 2.45) is 11.8 Å². The average Bonchev–Trinajstić information content (AvgIpc) is 2.79. The number of fused-ring (bicyclic) bond motifs is 1. The van der Waals surface area contributed by atoms with Crippen LogP contribution in [-0.2, 0) is 14.3 Å². The third kappa shape index (κ3) is 6.18. The first-order valence-corrected chi connectivity index (χ1v) is 11.1. The van der Waals surface area contributed by atoms with Gasteiger partial charge in [0.2, 0.25) is 5.91 Å². The number of likely N-dealkylation sites (N-methyl/N-ethyl adjacent to an activating group) is 1. The second kappa shape index (κ2) is 10.9. The molecular formula is C23H35N3O5. The average molecular weight is 434 g/mol. The fourth-order valence-corrected chi connectivity index (χ4v) is 3.94. The normalized spacial score (nSPS) is 26.3. The maximum Gasteiger partial charge on any atom is 0.257 e. The molecule has 0 radical (unpaired) electrons. The minimum absolute atomic E-state index is 0.0215. The Balaban J connectivity index is 1.81. The van der Waals surface area contributed by atoms with Gasteiger partial charge in [-0.15, -0.1) is 0 Å². The number of hydrogen-bond acceptors (Lipinski definition) is 6. The molecule has 0 aromatic heterocycles. The van der Waals surface area contributed by atoms with Crippen molar-refractivity contribution in [1.82, 2.24) is 10.2 Å². The van der Waals surface area contributed by atoms with Gasteiger partial charge in [0.15, 0.2) is 0 Å². The first-order valence-electron chi connectivity index (χ1n) is 11.1. The van der Waals surface area contributed by atoms with Gasteiger partial charge < -0.3 is 29.7 Å². The van der Waals surface area contributed by atoms with Crippen LogP contribution in [0.3, 0.4) is 0 Å². The summed E-state index contributed by atoms with van der Waals surface area (Å²) < 4.78 is 17.0. The van der Waals surface area contributed by atoms with E-state index in [2.05, 4.69) is 17.6 Å². The summed E-state index contributed by atoms with van der Waals surface area (Å²) in [6.45, 7) is 7.03. The van der Waals surface area contributed by atoms with Crippen molar-refractivity contribution in [3.05, 3.63) is 23.8 Å². The van der Waals surface area contributed by atoms with Gasteiger partial charge in [-0.2, -0.15) is 0 Å². The molecule has 1 saturated heterocycles. The zero-order valence-electron chi connectivity index (χ0n) is 19.0. The number of carbonyl (C=O) groups is 2. The molecule has 3 atom stereocenters. The van der Waals surface area contributed by atoms with Gasteiger partial charge >= 0.3 is 0 Å². The van der Waals surface area contributed by atoms with Crippen molar-refractivity contribution < 1.29 is 23.8 Å². The SMILES string of the molecule is CO[C@H]1CN(C)C(=O)c2ccc(NC(=O)C3CCOCC3)cc2OC[C@@H](C)NC[C@@H]1C. The molecule has 1 aromatic carbocycles. The lowest BCUT2D eigenvalue weighted by atomic mass is 9.99. The Morgan fingerprint density at radius 1 is 1.26 bits per heavy atom. The van der Waals surface area contributed by atoms with Crippen LogP contribution in [0.2, 0.25) is 0 Å². The lowest BCUT2D eigenvalue weighted by Crippen LogP contribution is -2.44. The van der Waals surface area contributed by atoms with Gasteiger partial charge in [0.05, 0.1) is 11.7 Å². The number of nitrogens with zero attached hydrogens (tertiary/aromatic N) is 1. The molecule has 8 heteroatoms. The predicted octanol–water partition coefficient (Wildman–Crippen LogP) is 2.15. The van der Waals surface area contributed by atoms with E-state index >= 15 is 0 Å². The van der Waals surface area contributed by atoms with Gasteiger partial charge in [-0.05, 0) is 37.8 Å². The smallest absolute Gasteiger partial charge is 0.257 e. The molecule has 3 rings (SSSR count). The number of ether oxygens (including phenoxy) is 3. The summed E-state index contributed by atoms with van der Waals surface area (Å²) in [6.07, 6.45) is 1.37. The Morgan fingerprint density at radius 2 is 2.00 bits per heavy atom. The lowest BCUT2D eigenvalue weighted by Gasteiger charge is -2.30. The number of nitrogens with one attached hydrogen (secondary N) is 2. The summed E-state index contributed by atoms with van der Waals surface area (Å²) in [4.78, 5) is 27.4. The van der Waals surface area contributed by atoms with Crippen molar-refractivity contribution in [3.63, 3.8) is 0 Å². The van der Waals surface area contributed by atoms with Gasteiger partial charge in [0.1, 0.15) is 12.4 Å². The van der Waals surface area contributed by atoms with Crippen LogP contribution in [0, 0.1) is 11.8 Å². The Morgan fingerprint density at radius 3 is 2.71 bits per heavy atom. The van der Waals surface area contributed by atoms with Crippen LogP contribution in [0.15, 0.2) is 18.2 Å². The van der Waals surface area contributed by atoms with Gasteiger partial charge in [-0.1, -0.05) is 6.92 Å². The molecule has 8 nitrogen and oxygen atoms in total. The molecule has 0 unspecified atom stereocenters. The maximum atomic E-state index is 13.2. The van der Waals surface area contributed by atoms with E-state index in [0.717, 1.165) is 19.4 Å². The van der Waals surface area contributed by atoms with Gasteiger partial charge in [0.25, 0.3) is 5.91 Å². The number of carbonyl (C=O) groups excluding carboxylic acids is 2. The third-order valence-electron chi connectivity index (χ3n) is 6.09. The van der Waals surface area contributed by atoms with E-state index in [1.54, 1.807) is 37.3 Å². The van der Waals surface area contributed by atoms with Crippen molar-refractivity contribution >= 4 is 17.5 Å². The molecule has 1 fully saturated rings. The van der Waals surface area contributed by atoms with Gasteiger partial charge in [-0.3, -0.25) is 9.59 Å². The first-order chi connectivity index (χ1) is 14.9. The van der Waals surface area contributed by atoms with E-state index in [4.69, 9.17) is 14.2 Å². The molecule has 2 aliphatic rings. The highest BCUT2D eigenvalue weighted by atomic mass is 16.5. The first kappa shape index (κ1) is 23.5. The Hall–Kier alpha value is -2.16. The summed E-state index contributed by atoms with van der Waals surface area (Å²) in [7, 11) is 3.45. The summed E-state index contributed by atoms with van der Waals surface area (Å²) in [5, 5.41) is 6.44. The Kier molecular flexibility index (Phi) is 8.28. The molecule has 172 valence electrons. The molecule has 2 heterocycles. The van der Waals surface area contributed by atoms with Crippen molar-refractivity contribution in [2.75, 3.05) is 52.4 Å². The summed E-state index contributed by atoms with van der Waals surface area (Å²) in [5.41, 5.74) is 1.10. The van der Waals surface area contributed by atoms with Crippen molar-refractivity contribution in [2.45, 2.75) is 38.8 Å². The minimum Gasteiger partial charge on any atom is -0.491 e. The third-order valence-corrected chi connectivity index (χ3v) is 6.09. The highest BCUT2D eigenvalue weighted by molar-refractivity contribution is 5.98. The standard InChI is InChI=1S/C23H35N3O5/c1-15-12-24-16(2)14-31-20-11-18(25-22(27)17-7-9-30-10-8-17)5-6-19(20)23(28)26(3)13-21(15)29-4/h5-6,11,15-17,21,24H,7-10,12-14H2,1-4H3,(H,25,27)/t15-,16+,21-/m0/s1. The van der Waals surface area contributed by atoms with Crippen molar-refractivity contribution in [1.29, 1.82) is 0 Å². The fraction of sp³-hybridized carbons (Fsp3) is 0.652. The molecule has 2 aliphatic heterocycles. The molecule has 0 aliphatic carbocycles. The summed E-state index contributed by atoms with van der Waals surface area (Å²) in [5.74, 6) is 0.502. The molecule has 0 spiro atoms. The zero-order chi connectivity index (χ0) is 22.4. The van der Waals surface area contributed by atoms with E-state index < -0.39 is 0 Å². The van der Waals surface area contributed by atoms with E-state index in [1.807, 2.05) is 6.92 Å². The maximum absolute atomic E-state index is 13.2. The number of benzene rings is 1. The molecule has 1 aromatic rings. The van der Waals surface area contributed by atoms with Crippen LogP contribution in [0.1, 0.15) is 37.0 Å². The van der Waals surface area contributed by atoms with Crippen molar-refractivity contribution in [3.8, 4) is 5.75 Å². The molecule has 2 amide bonds. The number of anilines is 1. The quantitative estimate of drug-likeness (QED) is 0.759. The van der Waals surface area contributed by atoms with Crippen LogP contribution in [-0.4, -0.2) is 75.9 Å². The van der Waals surface area contributed by atoms with Gasteiger partial charge in [-0.25, -0.2) is 0 Å². The highest BCUT2D eigenvalue weighted by Gasteiger charge is 2.26. The number of rotatable bonds is 3. The van der Waals surface area contributed by atoms with E-state index in [0.29, 0.717) is 43.4 Å². The van der Waals surface area contributed by atoms with E-state index in [-0.39, 0.29) is 35.8 Å². The monoisotopic (exact) mass is 433 g/mol. The van der Waals surface area contributed by atoms with Gasteiger partial charge in [0, 0.05) is 64.2 Å². The number of amides is 2. The van der Waals surface area contributed by atoms with Crippen LogP contribution >= 0.6 is 0 Å². The molecule has 31 heavy (non-hydrogen) atoms. The van der Waals surface area contributed by atoms with E-state index in [1.165, 1.54) is 0 Å². The second-order valence-electron chi connectivity index (χ2n) is 8.64. The van der Waals surface area contributed by atoms with E-state index in [9.17, 15) is 9.59 Å². The lowest BCUT2D eigenvalue weighted by molar-refractivity contribution is -0.122. The Bertz CT molecular complexity index is 766.